The minimum absolute atomic E-state index is 0.292. The highest BCUT2D eigenvalue weighted by atomic mass is 79.9. The Morgan fingerprint density at radius 3 is 2.81 bits per heavy atom. The molecule has 0 fully saturated rings. The van der Waals surface area contributed by atoms with Gasteiger partial charge in [-0.05, 0) is 25.1 Å². The molecule has 1 N–H and O–H groups in total. The molecule has 1 aromatic heterocycles. The number of hydrogen-bond donors (Lipinski definition) is 1. The molecule has 0 bridgehead atoms. The van der Waals surface area contributed by atoms with Gasteiger partial charge in [0.05, 0.1) is 5.02 Å². The van der Waals surface area contributed by atoms with Gasteiger partial charge in [-0.1, -0.05) is 41.4 Å². The molecule has 0 saturated carbocycles. The number of benzene rings is 1. The van der Waals surface area contributed by atoms with Crippen molar-refractivity contribution in [2.24, 2.45) is 0 Å². The summed E-state index contributed by atoms with van der Waals surface area (Å²) in [5.41, 5.74) is 1.94. The van der Waals surface area contributed by atoms with Crippen LogP contribution in [0.25, 0.3) is 0 Å². The van der Waals surface area contributed by atoms with Crippen LogP contribution in [0.2, 0.25) is 5.02 Å². The molecule has 2 aromatic rings. The zero-order chi connectivity index (χ0) is 15.4. The zero-order valence-corrected chi connectivity index (χ0v) is 14.5. The van der Waals surface area contributed by atoms with E-state index < -0.39 is 0 Å². The van der Waals surface area contributed by atoms with Crippen molar-refractivity contribution in [3.05, 3.63) is 45.1 Å². The molecule has 0 aliphatic rings. The van der Waals surface area contributed by atoms with Crippen LogP contribution in [0.15, 0.2) is 28.9 Å². The molecule has 21 heavy (non-hydrogen) atoms. The largest absolute Gasteiger partial charge is 0.423 e. The third-order valence-corrected chi connectivity index (χ3v) is 3.66. The average Bonchev–Trinajstić information content (AvgIpc) is 2.42. The molecule has 4 nitrogen and oxygen atoms in total. The number of aryl methyl sites for hydroxylation is 1. The predicted octanol–water partition coefficient (Wildman–Crippen LogP) is 4.49. The van der Waals surface area contributed by atoms with Gasteiger partial charge in [0.25, 0.3) is 0 Å². The molecule has 0 amide bonds. The van der Waals surface area contributed by atoms with Gasteiger partial charge >= 0.3 is 6.01 Å². The normalized spacial score (nSPS) is 11.0. The highest BCUT2D eigenvalue weighted by Gasteiger charge is 2.09. The lowest BCUT2D eigenvalue weighted by atomic mass is 10.2. The van der Waals surface area contributed by atoms with Crippen LogP contribution in [0.3, 0.4) is 0 Å². The van der Waals surface area contributed by atoms with E-state index in [9.17, 15) is 0 Å². The molecule has 0 unspecified atom stereocenters. The fourth-order valence-corrected chi connectivity index (χ4v) is 2.16. The lowest BCUT2D eigenvalue weighted by molar-refractivity contribution is 0.438. The first-order chi connectivity index (χ1) is 9.95. The first-order valence-electron chi connectivity index (χ1n) is 6.64. The molecule has 0 radical (unpaired) electrons. The van der Waals surface area contributed by atoms with Crippen LogP contribution in [0.4, 0.5) is 0 Å². The summed E-state index contributed by atoms with van der Waals surface area (Å²) in [6.07, 6.45) is 1.78. The van der Waals surface area contributed by atoms with Crippen LogP contribution < -0.4 is 10.1 Å². The standard InChI is InChI=1S/C15H17BrClN3O/c1-9(2)18-7-11-8-19-15(20-10(11)3)21-14-6-12(16)4-5-13(14)17/h4-6,8-9,18H,7H2,1-3H3. The molecule has 6 heteroatoms. The van der Waals surface area contributed by atoms with Crippen LogP contribution in [0.1, 0.15) is 25.1 Å². The summed E-state index contributed by atoms with van der Waals surface area (Å²) in [5, 5.41) is 3.86. The molecule has 0 atom stereocenters. The predicted molar refractivity (Wildman–Crippen MR) is 88.0 cm³/mol. The summed E-state index contributed by atoms with van der Waals surface area (Å²) in [5.74, 6) is 0.526. The van der Waals surface area contributed by atoms with Crippen LogP contribution in [0, 0.1) is 6.92 Å². The molecular formula is C15H17BrClN3O. The van der Waals surface area contributed by atoms with Crippen LogP contribution in [-0.2, 0) is 6.54 Å². The SMILES string of the molecule is Cc1nc(Oc2cc(Br)ccc2Cl)ncc1CNC(C)C. The topological polar surface area (TPSA) is 47.0 Å². The van der Waals surface area contributed by atoms with E-state index in [1.807, 2.05) is 13.0 Å². The van der Waals surface area contributed by atoms with Crippen molar-refractivity contribution < 1.29 is 4.74 Å². The fourth-order valence-electron chi connectivity index (χ4n) is 1.66. The van der Waals surface area contributed by atoms with Crippen molar-refractivity contribution in [1.29, 1.82) is 0 Å². The Kier molecular flexibility index (Phi) is 5.56. The monoisotopic (exact) mass is 369 g/mol. The van der Waals surface area contributed by atoms with Crippen molar-refractivity contribution in [3.63, 3.8) is 0 Å². The Hall–Kier alpha value is -1.17. The van der Waals surface area contributed by atoms with Crippen molar-refractivity contribution in [2.75, 3.05) is 0 Å². The lowest BCUT2D eigenvalue weighted by Crippen LogP contribution is -2.22. The Morgan fingerprint density at radius 1 is 1.38 bits per heavy atom. The van der Waals surface area contributed by atoms with E-state index >= 15 is 0 Å². The minimum Gasteiger partial charge on any atom is -0.423 e. The van der Waals surface area contributed by atoms with Crippen LogP contribution in [0.5, 0.6) is 11.8 Å². The summed E-state index contributed by atoms with van der Waals surface area (Å²) < 4.78 is 6.53. The van der Waals surface area contributed by atoms with E-state index in [1.54, 1.807) is 18.3 Å². The molecule has 0 spiro atoms. The Labute approximate surface area is 138 Å². The van der Waals surface area contributed by atoms with Crippen molar-refractivity contribution in [3.8, 4) is 11.8 Å². The van der Waals surface area contributed by atoms with Crippen LogP contribution >= 0.6 is 27.5 Å². The summed E-state index contributed by atoms with van der Waals surface area (Å²) in [4.78, 5) is 8.61. The average molecular weight is 371 g/mol. The molecule has 1 heterocycles. The molecule has 0 saturated heterocycles. The molecule has 112 valence electrons. The van der Waals surface area contributed by atoms with E-state index in [4.69, 9.17) is 16.3 Å². The van der Waals surface area contributed by atoms with E-state index in [0.29, 0.717) is 22.8 Å². The smallest absolute Gasteiger partial charge is 0.322 e. The maximum Gasteiger partial charge on any atom is 0.322 e. The summed E-state index contributed by atoms with van der Waals surface area (Å²) in [7, 11) is 0. The van der Waals surface area contributed by atoms with Crippen molar-refractivity contribution >= 4 is 27.5 Å². The molecule has 0 aliphatic carbocycles. The Balaban J connectivity index is 2.14. The Bertz CT molecular complexity index is 634. The number of hydrogen-bond acceptors (Lipinski definition) is 4. The van der Waals surface area contributed by atoms with Gasteiger partial charge in [0, 0.05) is 34.5 Å². The zero-order valence-electron chi connectivity index (χ0n) is 12.2. The van der Waals surface area contributed by atoms with Gasteiger partial charge < -0.3 is 10.1 Å². The van der Waals surface area contributed by atoms with Gasteiger partial charge in [-0.2, -0.15) is 4.98 Å². The maximum absolute atomic E-state index is 6.09. The van der Waals surface area contributed by atoms with Gasteiger partial charge in [-0.25, -0.2) is 4.98 Å². The van der Waals surface area contributed by atoms with Gasteiger partial charge in [0.15, 0.2) is 5.75 Å². The number of rotatable bonds is 5. The molecule has 0 aliphatic heterocycles. The third kappa shape index (κ3) is 4.66. The van der Waals surface area contributed by atoms with E-state index in [2.05, 4.69) is 45.1 Å². The number of aromatic nitrogens is 2. The van der Waals surface area contributed by atoms with Gasteiger partial charge in [-0.15, -0.1) is 0 Å². The van der Waals surface area contributed by atoms with Crippen molar-refractivity contribution in [2.45, 2.75) is 33.4 Å². The number of nitrogens with zero attached hydrogens (tertiary/aromatic N) is 2. The Morgan fingerprint density at radius 2 is 2.14 bits per heavy atom. The quantitative estimate of drug-likeness (QED) is 0.842. The number of halogens is 2. The summed E-state index contributed by atoms with van der Waals surface area (Å²) in [6.45, 7) is 6.88. The first-order valence-corrected chi connectivity index (χ1v) is 7.81. The minimum atomic E-state index is 0.292. The van der Waals surface area contributed by atoms with Gasteiger partial charge in [0.2, 0.25) is 0 Å². The lowest BCUT2D eigenvalue weighted by Gasteiger charge is -2.11. The number of ether oxygens (including phenoxy) is 1. The molecular weight excluding hydrogens is 354 g/mol. The second kappa shape index (κ2) is 7.20. The second-order valence-electron chi connectivity index (χ2n) is 4.98. The van der Waals surface area contributed by atoms with Gasteiger partial charge in [-0.3, -0.25) is 0 Å². The maximum atomic E-state index is 6.09. The summed E-state index contributed by atoms with van der Waals surface area (Å²) in [6, 6.07) is 6.10. The molecule has 1 aromatic carbocycles. The third-order valence-electron chi connectivity index (χ3n) is 2.85. The van der Waals surface area contributed by atoms with E-state index in [-0.39, 0.29) is 0 Å². The van der Waals surface area contributed by atoms with E-state index in [1.165, 1.54) is 0 Å². The molecule has 2 rings (SSSR count). The van der Waals surface area contributed by atoms with Gasteiger partial charge in [0.1, 0.15) is 0 Å². The highest BCUT2D eigenvalue weighted by molar-refractivity contribution is 9.10. The highest BCUT2D eigenvalue weighted by Crippen LogP contribution is 2.30. The van der Waals surface area contributed by atoms with Crippen molar-refractivity contribution in [1.82, 2.24) is 15.3 Å². The van der Waals surface area contributed by atoms with E-state index in [0.717, 1.165) is 22.3 Å². The first kappa shape index (κ1) is 16.2. The summed E-state index contributed by atoms with van der Waals surface area (Å²) >= 11 is 9.47. The fraction of sp³-hybridized carbons (Fsp3) is 0.333. The second-order valence-corrected chi connectivity index (χ2v) is 6.30. The van der Waals surface area contributed by atoms with Crippen LogP contribution in [-0.4, -0.2) is 16.0 Å². The number of nitrogens with one attached hydrogen (secondary N) is 1.